The molecule has 0 aliphatic carbocycles. The molecule has 0 saturated heterocycles. The number of amides is 1. The first-order chi connectivity index (χ1) is 8.13. The standard InChI is InChI=1S/C12H17FN2O2/c1-2-5-15-12(17)8-14-7-9-6-10(13)3-4-11(9)16/h3-4,6,14,16H,2,5,7-8H2,1H3,(H,15,17). The first-order valence-corrected chi connectivity index (χ1v) is 5.58. The lowest BCUT2D eigenvalue weighted by Crippen LogP contribution is -2.33. The summed E-state index contributed by atoms with van der Waals surface area (Å²) in [5.74, 6) is -0.495. The minimum Gasteiger partial charge on any atom is -0.508 e. The van der Waals surface area contributed by atoms with Crippen LogP contribution in [0.1, 0.15) is 18.9 Å². The van der Waals surface area contributed by atoms with E-state index < -0.39 is 5.82 Å². The third-order valence-electron chi connectivity index (χ3n) is 2.21. The summed E-state index contributed by atoms with van der Waals surface area (Å²) in [7, 11) is 0. The SMILES string of the molecule is CCCNC(=O)CNCc1cc(F)ccc1O. The molecule has 0 unspecified atom stereocenters. The summed E-state index contributed by atoms with van der Waals surface area (Å²) in [5, 5.41) is 15.0. The molecule has 0 heterocycles. The van der Waals surface area contributed by atoms with Crippen LogP contribution in [0.4, 0.5) is 4.39 Å². The van der Waals surface area contributed by atoms with Gasteiger partial charge in [0.05, 0.1) is 6.54 Å². The lowest BCUT2D eigenvalue weighted by molar-refractivity contribution is -0.120. The fraction of sp³-hybridized carbons (Fsp3) is 0.417. The van der Waals surface area contributed by atoms with E-state index >= 15 is 0 Å². The van der Waals surface area contributed by atoms with Crippen molar-refractivity contribution in [1.82, 2.24) is 10.6 Å². The smallest absolute Gasteiger partial charge is 0.233 e. The van der Waals surface area contributed by atoms with Crippen LogP contribution >= 0.6 is 0 Å². The summed E-state index contributed by atoms with van der Waals surface area (Å²) in [5.41, 5.74) is 0.438. The Kier molecular flexibility index (Phi) is 5.42. The molecule has 0 radical (unpaired) electrons. The van der Waals surface area contributed by atoms with E-state index in [1.807, 2.05) is 6.92 Å². The summed E-state index contributed by atoms with van der Waals surface area (Å²) in [6, 6.07) is 3.72. The number of rotatable bonds is 6. The van der Waals surface area contributed by atoms with Crippen molar-refractivity contribution in [3.05, 3.63) is 29.6 Å². The zero-order chi connectivity index (χ0) is 12.7. The van der Waals surface area contributed by atoms with Crippen molar-refractivity contribution < 1.29 is 14.3 Å². The molecule has 1 aromatic rings. The van der Waals surface area contributed by atoms with Gasteiger partial charge >= 0.3 is 0 Å². The fourth-order valence-electron chi connectivity index (χ4n) is 1.33. The van der Waals surface area contributed by atoms with Crippen LogP contribution in [0.15, 0.2) is 18.2 Å². The van der Waals surface area contributed by atoms with Crippen molar-refractivity contribution in [1.29, 1.82) is 0 Å². The highest BCUT2D eigenvalue weighted by atomic mass is 19.1. The number of carbonyl (C=O) groups excluding carboxylic acids is 1. The quantitative estimate of drug-likeness (QED) is 0.699. The Morgan fingerprint density at radius 1 is 1.47 bits per heavy atom. The van der Waals surface area contributed by atoms with Crippen molar-refractivity contribution in [3.63, 3.8) is 0 Å². The maximum atomic E-state index is 12.9. The molecule has 0 aliphatic rings. The van der Waals surface area contributed by atoms with Gasteiger partial charge in [-0.2, -0.15) is 0 Å². The van der Waals surface area contributed by atoms with Crippen molar-refractivity contribution >= 4 is 5.91 Å². The van der Waals surface area contributed by atoms with E-state index in [0.29, 0.717) is 12.1 Å². The zero-order valence-corrected chi connectivity index (χ0v) is 9.79. The predicted octanol–water partition coefficient (Wildman–Crippen LogP) is 1.15. The van der Waals surface area contributed by atoms with Gasteiger partial charge in [-0.3, -0.25) is 4.79 Å². The molecule has 4 nitrogen and oxygen atoms in total. The molecular formula is C12H17FN2O2. The van der Waals surface area contributed by atoms with Gasteiger partial charge in [0, 0.05) is 18.7 Å². The average Bonchev–Trinajstić information content (AvgIpc) is 2.31. The zero-order valence-electron chi connectivity index (χ0n) is 9.79. The van der Waals surface area contributed by atoms with Crippen LogP contribution in [-0.4, -0.2) is 24.1 Å². The number of carbonyl (C=O) groups is 1. The van der Waals surface area contributed by atoms with Gasteiger partial charge in [0.25, 0.3) is 0 Å². The van der Waals surface area contributed by atoms with Crippen LogP contribution in [0.3, 0.4) is 0 Å². The number of hydrogen-bond donors (Lipinski definition) is 3. The minimum absolute atomic E-state index is 0.0212. The highest BCUT2D eigenvalue weighted by Gasteiger charge is 2.04. The molecule has 0 saturated carbocycles. The molecule has 0 aromatic heterocycles. The number of benzene rings is 1. The van der Waals surface area contributed by atoms with E-state index in [-0.39, 0.29) is 24.7 Å². The number of aromatic hydroxyl groups is 1. The third kappa shape index (κ3) is 4.82. The summed E-state index contributed by atoms with van der Waals surface area (Å²) >= 11 is 0. The van der Waals surface area contributed by atoms with Crippen LogP contribution in [0.2, 0.25) is 0 Å². The van der Waals surface area contributed by atoms with Gasteiger partial charge in [0.2, 0.25) is 5.91 Å². The van der Waals surface area contributed by atoms with Gasteiger partial charge in [-0.25, -0.2) is 4.39 Å². The maximum Gasteiger partial charge on any atom is 0.233 e. The Bertz CT molecular complexity index is 383. The van der Waals surface area contributed by atoms with Crippen LogP contribution < -0.4 is 10.6 Å². The highest BCUT2D eigenvalue weighted by molar-refractivity contribution is 5.77. The molecule has 3 N–H and O–H groups in total. The van der Waals surface area contributed by atoms with E-state index in [1.165, 1.54) is 18.2 Å². The van der Waals surface area contributed by atoms with E-state index in [2.05, 4.69) is 10.6 Å². The minimum atomic E-state index is -0.407. The topological polar surface area (TPSA) is 61.4 Å². The average molecular weight is 240 g/mol. The lowest BCUT2D eigenvalue weighted by atomic mass is 10.2. The number of phenolic OH excluding ortho intramolecular Hbond substituents is 1. The summed E-state index contributed by atoms with van der Waals surface area (Å²) in [6.07, 6.45) is 0.885. The molecule has 5 heteroatoms. The van der Waals surface area contributed by atoms with E-state index in [0.717, 1.165) is 6.42 Å². The molecular weight excluding hydrogens is 223 g/mol. The molecule has 17 heavy (non-hydrogen) atoms. The molecule has 1 amide bonds. The largest absolute Gasteiger partial charge is 0.508 e. The number of hydrogen-bond acceptors (Lipinski definition) is 3. The van der Waals surface area contributed by atoms with E-state index in [4.69, 9.17) is 0 Å². The predicted molar refractivity (Wildman–Crippen MR) is 63.1 cm³/mol. The summed E-state index contributed by atoms with van der Waals surface area (Å²) in [6.45, 7) is 3.02. The fourth-order valence-corrected chi connectivity index (χ4v) is 1.33. The van der Waals surface area contributed by atoms with Gasteiger partial charge in [0.1, 0.15) is 11.6 Å². The Morgan fingerprint density at radius 3 is 2.94 bits per heavy atom. The number of nitrogens with one attached hydrogen (secondary N) is 2. The van der Waals surface area contributed by atoms with Gasteiger partial charge in [-0.15, -0.1) is 0 Å². The van der Waals surface area contributed by atoms with Crippen molar-refractivity contribution in [2.45, 2.75) is 19.9 Å². The molecule has 1 aromatic carbocycles. The Labute approximate surface area is 99.8 Å². The van der Waals surface area contributed by atoms with Crippen LogP contribution in [-0.2, 0) is 11.3 Å². The van der Waals surface area contributed by atoms with Crippen LogP contribution in [0.25, 0.3) is 0 Å². The Morgan fingerprint density at radius 2 is 2.24 bits per heavy atom. The maximum absolute atomic E-state index is 12.9. The van der Waals surface area contributed by atoms with Crippen LogP contribution in [0, 0.1) is 5.82 Å². The molecule has 0 atom stereocenters. The molecule has 0 aliphatic heterocycles. The van der Waals surface area contributed by atoms with E-state index in [9.17, 15) is 14.3 Å². The van der Waals surface area contributed by atoms with Crippen molar-refractivity contribution in [3.8, 4) is 5.75 Å². The lowest BCUT2D eigenvalue weighted by Gasteiger charge is -2.07. The van der Waals surface area contributed by atoms with Gasteiger partial charge in [-0.05, 0) is 24.6 Å². The van der Waals surface area contributed by atoms with Crippen LogP contribution in [0.5, 0.6) is 5.75 Å². The first kappa shape index (κ1) is 13.4. The molecule has 0 fully saturated rings. The van der Waals surface area contributed by atoms with Gasteiger partial charge in [0.15, 0.2) is 0 Å². The number of phenols is 1. The van der Waals surface area contributed by atoms with Crippen molar-refractivity contribution in [2.24, 2.45) is 0 Å². The highest BCUT2D eigenvalue weighted by Crippen LogP contribution is 2.17. The second-order valence-corrected chi connectivity index (χ2v) is 3.73. The van der Waals surface area contributed by atoms with E-state index in [1.54, 1.807) is 0 Å². The monoisotopic (exact) mass is 240 g/mol. The second kappa shape index (κ2) is 6.85. The van der Waals surface area contributed by atoms with Crippen molar-refractivity contribution in [2.75, 3.05) is 13.1 Å². The Balaban J connectivity index is 2.35. The first-order valence-electron chi connectivity index (χ1n) is 5.58. The Hall–Kier alpha value is -1.62. The second-order valence-electron chi connectivity index (χ2n) is 3.73. The third-order valence-corrected chi connectivity index (χ3v) is 2.21. The van der Waals surface area contributed by atoms with Gasteiger partial charge < -0.3 is 15.7 Å². The molecule has 94 valence electrons. The summed E-state index contributed by atoms with van der Waals surface area (Å²) < 4.78 is 12.9. The summed E-state index contributed by atoms with van der Waals surface area (Å²) in [4.78, 5) is 11.2. The molecule has 1 rings (SSSR count). The number of halogens is 1. The molecule has 0 spiro atoms. The normalized spacial score (nSPS) is 10.2. The molecule has 0 bridgehead atoms. The van der Waals surface area contributed by atoms with Gasteiger partial charge in [-0.1, -0.05) is 6.92 Å².